The third-order valence-corrected chi connectivity index (χ3v) is 5.93. The van der Waals surface area contributed by atoms with Crippen molar-refractivity contribution in [1.29, 1.82) is 0 Å². The molecule has 23 heavy (non-hydrogen) atoms. The number of halogens is 1. The van der Waals surface area contributed by atoms with E-state index in [0.29, 0.717) is 12.0 Å². The van der Waals surface area contributed by atoms with Crippen molar-refractivity contribution < 1.29 is 18.0 Å². The Balaban J connectivity index is 2.19. The summed E-state index contributed by atoms with van der Waals surface area (Å²) in [7, 11) is -1.82. The summed E-state index contributed by atoms with van der Waals surface area (Å²) >= 11 is 3.32. The number of carbonyl (C=O) groups is 2. The molecule has 0 radical (unpaired) electrons. The first-order chi connectivity index (χ1) is 10.7. The normalized spacial score (nSPS) is 18.6. The highest BCUT2D eigenvalue weighted by atomic mass is 79.9. The highest BCUT2D eigenvalue weighted by Gasteiger charge is 2.31. The van der Waals surface area contributed by atoms with Crippen LogP contribution in [0.25, 0.3) is 0 Å². The van der Waals surface area contributed by atoms with E-state index >= 15 is 0 Å². The van der Waals surface area contributed by atoms with Gasteiger partial charge in [-0.15, -0.1) is 0 Å². The van der Waals surface area contributed by atoms with E-state index < -0.39 is 15.9 Å². The number of hydrogen-bond donors (Lipinski definition) is 1. The van der Waals surface area contributed by atoms with Crippen molar-refractivity contribution in [3.63, 3.8) is 0 Å². The van der Waals surface area contributed by atoms with Gasteiger partial charge in [-0.3, -0.25) is 9.59 Å². The van der Waals surface area contributed by atoms with E-state index in [1.807, 2.05) is 0 Å². The number of nitrogens with one attached hydrogen (secondary N) is 1. The third-order valence-electron chi connectivity index (χ3n) is 3.62. The van der Waals surface area contributed by atoms with E-state index in [9.17, 15) is 18.0 Å². The quantitative estimate of drug-likeness (QED) is 0.774. The molecule has 2 rings (SSSR count). The molecule has 6 nitrogen and oxygen atoms in total. The van der Waals surface area contributed by atoms with Gasteiger partial charge in [0.1, 0.15) is 0 Å². The van der Waals surface area contributed by atoms with Crippen LogP contribution in [0.15, 0.2) is 40.2 Å². The van der Waals surface area contributed by atoms with Crippen LogP contribution in [0, 0.1) is 0 Å². The van der Waals surface area contributed by atoms with Crippen LogP contribution in [-0.4, -0.2) is 44.5 Å². The van der Waals surface area contributed by atoms with Gasteiger partial charge in [0.05, 0.1) is 23.2 Å². The Kier molecular flexibility index (Phi) is 5.26. The Morgan fingerprint density at radius 2 is 2.17 bits per heavy atom. The van der Waals surface area contributed by atoms with Crippen molar-refractivity contribution in [2.75, 3.05) is 19.3 Å². The van der Waals surface area contributed by atoms with E-state index in [2.05, 4.69) is 27.8 Å². The maximum Gasteiger partial charge on any atom is 0.246 e. The molecule has 0 aliphatic carbocycles. The van der Waals surface area contributed by atoms with Crippen LogP contribution in [0.1, 0.15) is 18.0 Å². The molecule has 1 aliphatic rings. The summed E-state index contributed by atoms with van der Waals surface area (Å²) in [6.45, 7) is 3.25. The number of fused-ring (bicyclic) bond motifs is 1. The first kappa shape index (κ1) is 17.7. The Hall–Kier alpha value is -1.67. The number of sulfone groups is 1. The number of hydrogen-bond acceptors (Lipinski definition) is 4. The van der Waals surface area contributed by atoms with E-state index in [4.69, 9.17) is 0 Å². The number of amides is 2. The van der Waals surface area contributed by atoms with Gasteiger partial charge in [-0.1, -0.05) is 22.5 Å². The van der Waals surface area contributed by atoms with Gasteiger partial charge in [-0.25, -0.2) is 8.42 Å². The van der Waals surface area contributed by atoms with Crippen molar-refractivity contribution in [2.24, 2.45) is 0 Å². The molecule has 1 unspecified atom stereocenters. The molecule has 0 saturated heterocycles. The Bertz CT molecular complexity index is 761. The molecule has 1 atom stereocenters. The minimum Gasteiger partial charge on any atom is -0.348 e. The maximum atomic E-state index is 12.1. The average Bonchev–Trinajstić information content (AvgIpc) is 2.49. The maximum absolute atomic E-state index is 12.1. The molecule has 1 aliphatic heterocycles. The summed E-state index contributed by atoms with van der Waals surface area (Å²) in [6.07, 6.45) is 1.43. The van der Waals surface area contributed by atoms with Gasteiger partial charge in [0.2, 0.25) is 11.8 Å². The molecule has 124 valence electrons. The molecule has 2 amide bonds. The molecule has 1 aromatic rings. The topological polar surface area (TPSA) is 83.6 Å². The summed E-state index contributed by atoms with van der Waals surface area (Å²) in [6, 6.07) is 4.51. The van der Waals surface area contributed by atoms with Crippen molar-refractivity contribution in [3.05, 3.63) is 40.9 Å². The van der Waals surface area contributed by atoms with Crippen LogP contribution in [-0.2, 0) is 19.4 Å². The molecule has 0 fully saturated rings. The standard InChI is InChI=1S/C15H17BrN2O4S/c1-3-15(20)18(2)9-14(19)17-12-6-7-23(21,22)13-5-4-10(16)8-11(12)13/h3-5,8,12H,1,6-7,9H2,2H3,(H,17,19). The van der Waals surface area contributed by atoms with Gasteiger partial charge in [0.25, 0.3) is 0 Å². The molecule has 1 N–H and O–H groups in total. The lowest BCUT2D eigenvalue weighted by Gasteiger charge is -2.27. The minimum atomic E-state index is -3.32. The van der Waals surface area contributed by atoms with Crippen molar-refractivity contribution in [1.82, 2.24) is 10.2 Å². The monoisotopic (exact) mass is 400 g/mol. The fraction of sp³-hybridized carbons (Fsp3) is 0.333. The SMILES string of the molecule is C=CC(=O)N(C)CC(=O)NC1CCS(=O)(=O)c2ccc(Br)cc21. The first-order valence-corrected chi connectivity index (χ1v) is 9.38. The molecule has 0 spiro atoms. The summed E-state index contributed by atoms with van der Waals surface area (Å²) in [5, 5.41) is 2.80. The summed E-state index contributed by atoms with van der Waals surface area (Å²) < 4.78 is 25.0. The minimum absolute atomic E-state index is 0.0198. The second-order valence-corrected chi connectivity index (χ2v) is 8.30. The van der Waals surface area contributed by atoms with Crippen LogP contribution in [0.2, 0.25) is 0 Å². The highest BCUT2D eigenvalue weighted by molar-refractivity contribution is 9.10. The molecule has 1 heterocycles. The lowest BCUT2D eigenvalue weighted by atomic mass is 10.0. The number of rotatable bonds is 4. The zero-order valence-corrected chi connectivity index (χ0v) is 15.0. The summed E-state index contributed by atoms with van der Waals surface area (Å²) in [5.74, 6) is -0.721. The van der Waals surface area contributed by atoms with Crippen molar-refractivity contribution in [3.8, 4) is 0 Å². The third kappa shape index (κ3) is 4.00. The zero-order valence-electron chi connectivity index (χ0n) is 12.6. The Morgan fingerprint density at radius 1 is 1.48 bits per heavy atom. The molecule has 0 bridgehead atoms. The van der Waals surface area contributed by atoms with E-state index in [1.54, 1.807) is 18.2 Å². The molecular formula is C15H17BrN2O4S. The predicted octanol–water partition coefficient (Wildman–Crippen LogP) is 1.43. The molecule has 1 aromatic carbocycles. The van der Waals surface area contributed by atoms with E-state index in [0.717, 1.165) is 10.5 Å². The zero-order chi connectivity index (χ0) is 17.2. The van der Waals surface area contributed by atoms with Crippen LogP contribution in [0.4, 0.5) is 0 Å². The Morgan fingerprint density at radius 3 is 2.83 bits per heavy atom. The second-order valence-electron chi connectivity index (χ2n) is 5.31. The van der Waals surface area contributed by atoms with E-state index in [-0.39, 0.29) is 29.0 Å². The predicted molar refractivity (Wildman–Crippen MR) is 89.5 cm³/mol. The summed E-state index contributed by atoms with van der Waals surface area (Å²) in [5.41, 5.74) is 0.566. The molecule has 0 aromatic heterocycles. The Labute approximate surface area is 143 Å². The number of benzene rings is 1. The summed E-state index contributed by atoms with van der Waals surface area (Å²) in [4.78, 5) is 25.0. The van der Waals surface area contributed by atoms with Gasteiger partial charge in [0, 0.05) is 11.5 Å². The van der Waals surface area contributed by atoms with Crippen molar-refractivity contribution in [2.45, 2.75) is 17.4 Å². The number of likely N-dealkylation sites (N-methyl/N-ethyl adjacent to an activating group) is 1. The van der Waals surface area contributed by atoms with Crippen molar-refractivity contribution >= 4 is 37.6 Å². The highest BCUT2D eigenvalue weighted by Crippen LogP contribution is 2.34. The van der Waals surface area contributed by atoms with Gasteiger partial charge >= 0.3 is 0 Å². The van der Waals surface area contributed by atoms with Gasteiger partial charge in [-0.05, 0) is 36.3 Å². The molecule has 8 heteroatoms. The van der Waals surface area contributed by atoms with E-state index in [1.165, 1.54) is 11.9 Å². The fourth-order valence-corrected chi connectivity index (χ4v) is 4.43. The smallest absolute Gasteiger partial charge is 0.246 e. The van der Waals surface area contributed by atoms with Crippen LogP contribution >= 0.6 is 15.9 Å². The van der Waals surface area contributed by atoms with Crippen LogP contribution in [0.3, 0.4) is 0 Å². The average molecular weight is 401 g/mol. The van der Waals surface area contributed by atoms with Gasteiger partial charge in [0.15, 0.2) is 9.84 Å². The lowest BCUT2D eigenvalue weighted by molar-refractivity contribution is -0.131. The lowest BCUT2D eigenvalue weighted by Crippen LogP contribution is -2.41. The molecular weight excluding hydrogens is 384 g/mol. The largest absolute Gasteiger partial charge is 0.348 e. The number of carbonyl (C=O) groups excluding carboxylic acids is 2. The first-order valence-electron chi connectivity index (χ1n) is 6.93. The molecule has 0 saturated carbocycles. The van der Waals surface area contributed by atoms with Gasteiger partial charge in [-0.2, -0.15) is 0 Å². The fourth-order valence-electron chi connectivity index (χ4n) is 2.45. The number of nitrogens with zero attached hydrogens (tertiary/aromatic N) is 1. The van der Waals surface area contributed by atoms with Crippen LogP contribution < -0.4 is 5.32 Å². The van der Waals surface area contributed by atoms with Crippen LogP contribution in [0.5, 0.6) is 0 Å². The second kappa shape index (κ2) is 6.84. The van der Waals surface area contributed by atoms with Gasteiger partial charge < -0.3 is 10.2 Å².